The first kappa shape index (κ1) is 13.6. The van der Waals surface area contributed by atoms with E-state index in [-0.39, 0.29) is 10.8 Å². The fourth-order valence-electron chi connectivity index (χ4n) is 2.69. The van der Waals surface area contributed by atoms with E-state index in [0.717, 1.165) is 18.5 Å². The van der Waals surface area contributed by atoms with Crippen LogP contribution in [0.2, 0.25) is 5.02 Å². The minimum absolute atomic E-state index is 0.167. The van der Waals surface area contributed by atoms with Crippen LogP contribution in [-0.2, 0) is 6.54 Å². The summed E-state index contributed by atoms with van der Waals surface area (Å²) in [5.41, 5.74) is 2.16. The van der Waals surface area contributed by atoms with Crippen molar-refractivity contribution in [3.63, 3.8) is 0 Å². The zero-order valence-corrected chi connectivity index (χ0v) is 11.9. The quantitative estimate of drug-likeness (QED) is 0.938. The van der Waals surface area contributed by atoms with Gasteiger partial charge in [-0.25, -0.2) is 9.37 Å². The van der Waals surface area contributed by atoms with Gasteiger partial charge in [-0.2, -0.15) is 0 Å². The van der Waals surface area contributed by atoms with Crippen molar-refractivity contribution >= 4 is 11.6 Å². The third-order valence-corrected chi connectivity index (χ3v) is 4.04. The van der Waals surface area contributed by atoms with Crippen LogP contribution >= 0.6 is 11.6 Å². The Morgan fingerprint density at radius 2 is 2.30 bits per heavy atom. The maximum atomic E-state index is 13.2. The van der Waals surface area contributed by atoms with E-state index in [1.165, 1.54) is 24.6 Å². The third-order valence-electron chi connectivity index (χ3n) is 3.75. The van der Waals surface area contributed by atoms with Gasteiger partial charge in [0.25, 0.3) is 0 Å². The summed E-state index contributed by atoms with van der Waals surface area (Å²) in [4.78, 5) is 4.25. The molecule has 0 radical (unpaired) electrons. The molecule has 1 aliphatic heterocycles. The second-order valence-electron chi connectivity index (χ2n) is 5.20. The van der Waals surface area contributed by atoms with Crippen LogP contribution in [0.1, 0.15) is 36.6 Å². The minimum atomic E-state index is -0.379. The molecule has 0 amide bonds. The number of hydrogen-bond donors (Lipinski definition) is 1. The summed E-state index contributed by atoms with van der Waals surface area (Å²) in [7, 11) is 0. The van der Waals surface area contributed by atoms with Gasteiger partial charge in [-0.05, 0) is 37.1 Å². The van der Waals surface area contributed by atoms with Crippen molar-refractivity contribution in [3.8, 4) is 0 Å². The van der Waals surface area contributed by atoms with E-state index >= 15 is 0 Å². The van der Waals surface area contributed by atoms with Crippen molar-refractivity contribution in [2.45, 2.75) is 31.8 Å². The van der Waals surface area contributed by atoms with E-state index in [9.17, 15) is 4.39 Å². The van der Waals surface area contributed by atoms with Gasteiger partial charge < -0.3 is 9.88 Å². The Kier molecular flexibility index (Phi) is 4.03. The summed E-state index contributed by atoms with van der Waals surface area (Å²) < 4.78 is 15.3. The first-order chi connectivity index (χ1) is 9.74. The Balaban J connectivity index is 1.80. The van der Waals surface area contributed by atoms with Crippen LogP contribution in [0.15, 0.2) is 30.7 Å². The van der Waals surface area contributed by atoms with Crippen LogP contribution in [0.5, 0.6) is 0 Å². The lowest BCUT2D eigenvalue weighted by Crippen LogP contribution is -2.28. The first-order valence-electron chi connectivity index (χ1n) is 6.91. The Morgan fingerprint density at radius 1 is 1.40 bits per heavy atom. The second kappa shape index (κ2) is 5.94. The molecule has 1 N–H and O–H groups in total. The van der Waals surface area contributed by atoms with Crippen molar-refractivity contribution < 1.29 is 4.39 Å². The summed E-state index contributed by atoms with van der Waals surface area (Å²) in [6.07, 6.45) is 7.34. The lowest BCUT2D eigenvalue weighted by Gasteiger charge is -2.24. The van der Waals surface area contributed by atoms with Gasteiger partial charge in [0, 0.05) is 18.8 Å². The normalized spacial score (nSPS) is 19.2. The van der Waals surface area contributed by atoms with Crippen molar-refractivity contribution in [2.75, 3.05) is 6.54 Å². The number of hydrogen-bond acceptors (Lipinski definition) is 2. The molecule has 5 heteroatoms. The predicted molar refractivity (Wildman–Crippen MR) is 77.3 cm³/mol. The van der Waals surface area contributed by atoms with Crippen LogP contribution in [0.25, 0.3) is 0 Å². The highest BCUT2D eigenvalue weighted by atomic mass is 35.5. The number of imidazole rings is 1. The van der Waals surface area contributed by atoms with E-state index < -0.39 is 0 Å². The summed E-state index contributed by atoms with van der Waals surface area (Å²) in [5, 5.41) is 3.69. The van der Waals surface area contributed by atoms with Gasteiger partial charge in [-0.1, -0.05) is 24.1 Å². The van der Waals surface area contributed by atoms with Gasteiger partial charge in [-0.3, -0.25) is 0 Å². The van der Waals surface area contributed by atoms with Crippen molar-refractivity contribution in [1.29, 1.82) is 0 Å². The predicted octanol–water partition coefficient (Wildman–Crippen LogP) is 3.54. The maximum Gasteiger partial charge on any atom is 0.141 e. The largest absolute Gasteiger partial charge is 0.329 e. The van der Waals surface area contributed by atoms with E-state index in [1.54, 1.807) is 12.1 Å². The Labute approximate surface area is 122 Å². The molecule has 0 bridgehead atoms. The van der Waals surface area contributed by atoms with E-state index in [2.05, 4.69) is 14.9 Å². The summed E-state index contributed by atoms with van der Waals surface area (Å²) in [6.45, 7) is 1.71. The molecule has 1 saturated heterocycles. The van der Waals surface area contributed by atoms with Gasteiger partial charge in [0.15, 0.2) is 0 Å². The number of benzene rings is 1. The van der Waals surface area contributed by atoms with Crippen LogP contribution in [0.3, 0.4) is 0 Å². The SMILES string of the molecule is Fc1ccc(Cn2cncc2C2CCCCN2)cc1Cl. The molecule has 1 aromatic heterocycles. The van der Waals surface area contributed by atoms with Crippen molar-refractivity contribution in [2.24, 2.45) is 0 Å². The van der Waals surface area contributed by atoms with Crippen LogP contribution < -0.4 is 5.32 Å². The molecule has 20 heavy (non-hydrogen) atoms. The number of nitrogens with one attached hydrogen (secondary N) is 1. The number of rotatable bonds is 3. The standard InChI is InChI=1S/C15H17ClFN3/c16-12-7-11(4-5-13(12)17)9-20-10-18-8-15(20)14-3-1-2-6-19-14/h4-5,7-8,10,14,19H,1-3,6,9H2. The summed E-state index contributed by atoms with van der Waals surface area (Å²) in [6, 6.07) is 5.21. The van der Waals surface area contributed by atoms with Crippen LogP contribution in [0, 0.1) is 5.82 Å². The average molecular weight is 294 g/mol. The van der Waals surface area contributed by atoms with E-state index in [1.807, 2.05) is 12.5 Å². The number of aromatic nitrogens is 2. The molecule has 3 rings (SSSR count). The van der Waals surface area contributed by atoms with Gasteiger partial charge in [-0.15, -0.1) is 0 Å². The smallest absolute Gasteiger partial charge is 0.141 e. The average Bonchev–Trinajstić information content (AvgIpc) is 2.92. The lowest BCUT2D eigenvalue weighted by molar-refractivity contribution is 0.396. The van der Waals surface area contributed by atoms with E-state index in [4.69, 9.17) is 11.6 Å². The molecule has 1 fully saturated rings. The van der Waals surface area contributed by atoms with Gasteiger partial charge >= 0.3 is 0 Å². The molecule has 106 valence electrons. The Hall–Kier alpha value is -1.39. The van der Waals surface area contributed by atoms with Gasteiger partial charge in [0.05, 0.1) is 17.0 Å². The molecule has 3 nitrogen and oxygen atoms in total. The zero-order valence-electron chi connectivity index (χ0n) is 11.1. The zero-order chi connectivity index (χ0) is 13.9. The van der Waals surface area contributed by atoms with Gasteiger partial charge in [0.2, 0.25) is 0 Å². The summed E-state index contributed by atoms with van der Waals surface area (Å²) in [5.74, 6) is -0.379. The fraction of sp³-hybridized carbons (Fsp3) is 0.400. The second-order valence-corrected chi connectivity index (χ2v) is 5.60. The Morgan fingerprint density at radius 3 is 3.05 bits per heavy atom. The molecule has 2 aromatic rings. The first-order valence-corrected chi connectivity index (χ1v) is 7.29. The van der Waals surface area contributed by atoms with E-state index in [0.29, 0.717) is 12.6 Å². The molecular weight excluding hydrogens is 277 g/mol. The van der Waals surface area contributed by atoms with Crippen molar-refractivity contribution in [1.82, 2.24) is 14.9 Å². The molecule has 1 unspecified atom stereocenters. The van der Waals surface area contributed by atoms with Crippen molar-refractivity contribution in [3.05, 3.63) is 52.8 Å². The number of halogens is 2. The van der Waals surface area contributed by atoms with Crippen LogP contribution in [-0.4, -0.2) is 16.1 Å². The summed E-state index contributed by atoms with van der Waals surface area (Å²) >= 11 is 5.83. The number of nitrogens with zero attached hydrogens (tertiary/aromatic N) is 2. The highest BCUT2D eigenvalue weighted by molar-refractivity contribution is 6.30. The highest BCUT2D eigenvalue weighted by Gasteiger charge is 2.18. The Bertz CT molecular complexity index is 591. The molecule has 2 heterocycles. The maximum absolute atomic E-state index is 13.2. The topological polar surface area (TPSA) is 29.9 Å². The highest BCUT2D eigenvalue weighted by Crippen LogP contribution is 2.24. The minimum Gasteiger partial charge on any atom is -0.329 e. The number of piperidine rings is 1. The molecular formula is C15H17ClFN3. The van der Waals surface area contributed by atoms with Crippen LogP contribution in [0.4, 0.5) is 4.39 Å². The molecule has 1 aromatic carbocycles. The van der Waals surface area contributed by atoms with Gasteiger partial charge in [0.1, 0.15) is 5.82 Å². The fourth-order valence-corrected chi connectivity index (χ4v) is 2.90. The molecule has 1 atom stereocenters. The molecule has 1 aliphatic rings. The molecule has 0 saturated carbocycles. The lowest BCUT2D eigenvalue weighted by atomic mass is 10.0. The molecule has 0 aliphatic carbocycles. The third kappa shape index (κ3) is 2.86. The monoisotopic (exact) mass is 293 g/mol. The molecule has 0 spiro atoms.